The SMILES string of the molecule is Cc1cc(NC(=O)CN2CCC(C(=O)N3CCc4ccccc4C3)CC2)no1. The molecule has 1 aromatic carbocycles. The molecular formula is C21H26N4O3. The van der Waals surface area contributed by atoms with Gasteiger partial charge < -0.3 is 14.7 Å². The quantitative estimate of drug-likeness (QED) is 0.877. The van der Waals surface area contributed by atoms with Gasteiger partial charge in [0, 0.05) is 25.1 Å². The summed E-state index contributed by atoms with van der Waals surface area (Å²) in [6.45, 7) is 5.12. The molecule has 7 heteroatoms. The largest absolute Gasteiger partial charge is 0.360 e. The molecule has 2 aromatic rings. The molecule has 3 heterocycles. The Labute approximate surface area is 164 Å². The molecule has 2 aliphatic heterocycles. The maximum Gasteiger partial charge on any atom is 0.239 e. The van der Waals surface area contributed by atoms with Crippen molar-refractivity contribution in [2.45, 2.75) is 32.7 Å². The fraction of sp³-hybridized carbons (Fsp3) is 0.476. The maximum atomic E-state index is 12.9. The number of nitrogens with zero attached hydrogens (tertiary/aromatic N) is 3. The zero-order valence-electron chi connectivity index (χ0n) is 16.2. The first-order chi connectivity index (χ1) is 13.6. The van der Waals surface area contributed by atoms with Gasteiger partial charge in [0.1, 0.15) is 5.76 Å². The van der Waals surface area contributed by atoms with E-state index < -0.39 is 0 Å². The van der Waals surface area contributed by atoms with Gasteiger partial charge in [-0.15, -0.1) is 0 Å². The molecule has 1 N–H and O–H groups in total. The van der Waals surface area contributed by atoms with Crippen molar-refractivity contribution >= 4 is 17.6 Å². The summed E-state index contributed by atoms with van der Waals surface area (Å²) in [5, 5.41) is 6.52. The molecule has 2 amide bonds. The Bertz CT molecular complexity index is 855. The lowest BCUT2D eigenvalue weighted by molar-refractivity contribution is -0.138. The van der Waals surface area contributed by atoms with Crippen LogP contribution in [0, 0.1) is 12.8 Å². The highest BCUT2D eigenvalue weighted by Crippen LogP contribution is 2.24. The molecule has 0 aliphatic carbocycles. The number of nitrogens with one attached hydrogen (secondary N) is 1. The van der Waals surface area contributed by atoms with Gasteiger partial charge in [0.05, 0.1) is 6.54 Å². The molecule has 28 heavy (non-hydrogen) atoms. The average Bonchev–Trinajstić information content (AvgIpc) is 3.12. The predicted molar refractivity (Wildman–Crippen MR) is 105 cm³/mol. The van der Waals surface area contributed by atoms with E-state index in [1.807, 2.05) is 11.0 Å². The molecule has 1 fully saturated rings. The van der Waals surface area contributed by atoms with Crippen molar-refractivity contribution in [2.75, 3.05) is 31.5 Å². The lowest BCUT2D eigenvalue weighted by Gasteiger charge is -2.35. The van der Waals surface area contributed by atoms with Crippen LogP contribution in [0.5, 0.6) is 0 Å². The maximum absolute atomic E-state index is 12.9. The number of hydrogen-bond donors (Lipinski definition) is 1. The zero-order chi connectivity index (χ0) is 19.5. The summed E-state index contributed by atoms with van der Waals surface area (Å²) in [5.74, 6) is 1.32. The van der Waals surface area contributed by atoms with E-state index in [0.717, 1.165) is 45.4 Å². The van der Waals surface area contributed by atoms with Crippen LogP contribution in [-0.2, 0) is 22.6 Å². The summed E-state index contributed by atoms with van der Waals surface area (Å²) in [5.41, 5.74) is 2.62. The van der Waals surface area contributed by atoms with Gasteiger partial charge in [-0.1, -0.05) is 29.4 Å². The second kappa shape index (κ2) is 8.14. The Morgan fingerprint density at radius 1 is 1.18 bits per heavy atom. The van der Waals surface area contributed by atoms with Crippen molar-refractivity contribution in [1.29, 1.82) is 0 Å². The number of likely N-dealkylation sites (tertiary alicyclic amines) is 1. The number of aryl methyl sites for hydroxylation is 1. The standard InChI is InChI=1S/C21H26N4O3/c1-15-12-19(23-28-15)22-20(26)14-24-9-6-17(7-10-24)21(27)25-11-8-16-4-2-3-5-18(16)13-25/h2-5,12,17H,6-11,13-14H2,1H3,(H,22,23,26). The van der Waals surface area contributed by atoms with E-state index in [1.54, 1.807) is 13.0 Å². The highest BCUT2D eigenvalue weighted by molar-refractivity contribution is 5.91. The van der Waals surface area contributed by atoms with Crippen LogP contribution in [0.4, 0.5) is 5.82 Å². The highest BCUT2D eigenvalue weighted by Gasteiger charge is 2.30. The lowest BCUT2D eigenvalue weighted by atomic mass is 9.93. The second-order valence-electron chi connectivity index (χ2n) is 7.70. The third-order valence-electron chi connectivity index (χ3n) is 5.64. The van der Waals surface area contributed by atoms with E-state index >= 15 is 0 Å². The Balaban J connectivity index is 1.25. The van der Waals surface area contributed by atoms with Gasteiger partial charge in [-0.05, 0) is 50.4 Å². The van der Waals surface area contributed by atoms with Crippen molar-refractivity contribution in [3.63, 3.8) is 0 Å². The molecule has 0 spiro atoms. The summed E-state index contributed by atoms with van der Waals surface area (Å²) < 4.78 is 4.95. The normalized spacial score (nSPS) is 18.0. The third-order valence-corrected chi connectivity index (χ3v) is 5.64. The number of carbonyl (C=O) groups excluding carboxylic acids is 2. The minimum atomic E-state index is -0.106. The first-order valence-corrected chi connectivity index (χ1v) is 9.89. The first kappa shape index (κ1) is 18.7. The topological polar surface area (TPSA) is 78.7 Å². The Morgan fingerprint density at radius 2 is 1.93 bits per heavy atom. The van der Waals surface area contributed by atoms with Crippen molar-refractivity contribution in [3.05, 3.63) is 47.2 Å². The number of piperidine rings is 1. The smallest absolute Gasteiger partial charge is 0.239 e. The summed E-state index contributed by atoms with van der Waals surface area (Å²) >= 11 is 0. The van der Waals surface area contributed by atoms with Crippen LogP contribution in [-0.4, -0.2) is 52.9 Å². The lowest BCUT2D eigenvalue weighted by Crippen LogP contribution is -2.45. The van der Waals surface area contributed by atoms with Crippen LogP contribution in [0.25, 0.3) is 0 Å². The molecule has 4 rings (SSSR count). The number of benzene rings is 1. The molecule has 1 aromatic heterocycles. The number of anilines is 1. The molecular weight excluding hydrogens is 356 g/mol. The minimum Gasteiger partial charge on any atom is -0.360 e. The third kappa shape index (κ3) is 4.25. The molecule has 0 bridgehead atoms. The number of fused-ring (bicyclic) bond motifs is 1. The minimum absolute atomic E-state index is 0.0581. The number of carbonyl (C=O) groups is 2. The van der Waals surface area contributed by atoms with Crippen molar-refractivity contribution in [1.82, 2.24) is 15.0 Å². The van der Waals surface area contributed by atoms with Crippen LogP contribution in [0.2, 0.25) is 0 Å². The van der Waals surface area contributed by atoms with Gasteiger partial charge in [-0.2, -0.15) is 0 Å². The molecule has 2 aliphatic rings. The number of rotatable bonds is 4. The van der Waals surface area contributed by atoms with E-state index in [2.05, 4.69) is 33.6 Å². The van der Waals surface area contributed by atoms with Crippen LogP contribution in [0.1, 0.15) is 29.7 Å². The van der Waals surface area contributed by atoms with Crippen LogP contribution in [0.15, 0.2) is 34.9 Å². The molecule has 7 nitrogen and oxygen atoms in total. The molecule has 0 atom stereocenters. The highest BCUT2D eigenvalue weighted by atomic mass is 16.5. The van der Waals surface area contributed by atoms with Crippen molar-refractivity contribution in [3.8, 4) is 0 Å². The molecule has 148 valence electrons. The van der Waals surface area contributed by atoms with Gasteiger partial charge in [0.15, 0.2) is 5.82 Å². The van der Waals surface area contributed by atoms with Gasteiger partial charge >= 0.3 is 0 Å². The summed E-state index contributed by atoms with van der Waals surface area (Å²) in [4.78, 5) is 29.2. The molecule has 0 saturated carbocycles. The molecule has 1 saturated heterocycles. The average molecular weight is 382 g/mol. The van der Waals surface area contributed by atoms with E-state index in [1.165, 1.54) is 11.1 Å². The van der Waals surface area contributed by atoms with E-state index in [4.69, 9.17) is 4.52 Å². The van der Waals surface area contributed by atoms with Gasteiger partial charge in [-0.25, -0.2) is 0 Å². The Hall–Kier alpha value is -2.67. The number of hydrogen-bond acceptors (Lipinski definition) is 5. The van der Waals surface area contributed by atoms with Crippen LogP contribution >= 0.6 is 0 Å². The first-order valence-electron chi connectivity index (χ1n) is 9.89. The van der Waals surface area contributed by atoms with Gasteiger partial charge in [-0.3, -0.25) is 14.5 Å². The molecule has 0 radical (unpaired) electrons. The van der Waals surface area contributed by atoms with E-state index in [-0.39, 0.29) is 17.7 Å². The van der Waals surface area contributed by atoms with Gasteiger partial charge in [0.2, 0.25) is 11.8 Å². The fourth-order valence-electron chi connectivity index (χ4n) is 4.09. The predicted octanol–water partition coefficient (Wildman–Crippen LogP) is 2.22. The van der Waals surface area contributed by atoms with Gasteiger partial charge in [0.25, 0.3) is 0 Å². The number of amides is 2. The summed E-state index contributed by atoms with van der Waals surface area (Å²) in [7, 11) is 0. The fourth-order valence-corrected chi connectivity index (χ4v) is 4.09. The second-order valence-corrected chi connectivity index (χ2v) is 7.70. The molecule has 0 unspecified atom stereocenters. The monoisotopic (exact) mass is 382 g/mol. The van der Waals surface area contributed by atoms with Crippen molar-refractivity contribution < 1.29 is 14.1 Å². The van der Waals surface area contributed by atoms with Crippen molar-refractivity contribution in [2.24, 2.45) is 5.92 Å². The van der Waals surface area contributed by atoms with Crippen LogP contribution < -0.4 is 5.32 Å². The zero-order valence-corrected chi connectivity index (χ0v) is 16.2. The van der Waals surface area contributed by atoms with E-state index in [9.17, 15) is 9.59 Å². The number of aromatic nitrogens is 1. The summed E-state index contributed by atoms with van der Waals surface area (Å²) in [6, 6.07) is 10.1. The Morgan fingerprint density at radius 3 is 2.64 bits per heavy atom. The summed E-state index contributed by atoms with van der Waals surface area (Å²) in [6.07, 6.45) is 2.53. The van der Waals surface area contributed by atoms with Crippen LogP contribution in [0.3, 0.4) is 0 Å². The van der Waals surface area contributed by atoms with E-state index in [0.29, 0.717) is 18.1 Å². The Kier molecular flexibility index (Phi) is 5.43.